The standard InChI is InChI=1S/C15H26N2O2/c1-4-5-12-14(19)17(9-7-13(18)16-12)11-6-8-15(2,3)10-11/h11-12H,4-10H2,1-3H3,(H,16,18). The lowest BCUT2D eigenvalue weighted by molar-refractivity contribution is -0.135. The molecule has 1 saturated heterocycles. The van der Waals surface area contributed by atoms with E-state index < -0.39 is 0 Å². The highest BCUT2D eigenvalue weighted by Gasteiger charge is 2.39. The molecule has 1 aliphatic carbocycles. The molecule has 19 heavy (non-hydrogen) atoms. The second kappa shape index (κ2) is 5.51. The highest BCUT2D eigenvalue weighted by Crippen LogP contribution is 2.39. The average Bonchev–Trinajstić information content (AvgIpc) is 2.62. The van der Waals surface area contributed by atoms with Crippen molar-refractivity contribution in [1.29, 1.82) is 0 Å². The van der Waals surface area contributed by atoms with Gasteiger partial charge in [-0.25, -0.2) is 0 Å². The van der Waals surface area contributed by atoms with Gasteiger partial charge in [0, 0.05) is 19.0 Å². The second-order valence-electron chi connectivity index (χ2n) is 6.75. The molecule has 2 fully saturated rings. The van der Waals surface area contributed by atoms with Gasteiger partial charge in [-0.3, -0.25) is 9.59 Å². The van der Waals surface area contributed by atoms with E-state index >= 15 is 0 Å². The van der Waals surface area contributed by atoms with Crippen molar-refractivity contribution in [2.45, 2.75) is 71.4 Å². The zero-order valence-corrected chi connectivity index (χ0v) is 12.4. The molecule has 1 aliphatic heterocycles. The maximum Gasteiger partial charge on any atom is 0.245 e. The fourth-order valence-corrected chi connectivity index (χ4v) is 3.37. The quantitative estimate of drug-likeness (QED) is 0.850. The Morgan fingerprint density at radius 3 is 2.68 bits per heavy atom. The first-order chi connectivity index (χ1) is 8.93. The molecule has 2 rings (SSSR count). The number of rotatable bonds is 3. The molecule has 2 amide bonds. The summed E-state index contributed by atoms with van der Waals surface area (Å²) in [5, 5.41) is 2.87. The molecule has 0 bridgehead atoms. The van der Waals surface area contributed by atoms with Gasteiger partial charge in [0.15, 0.2) is 0 Å². The predicted octanol–water partition coefficient (Wildman–Crippen LogP) is 2.08. The van der Waals surface area contributed by atoms with Crippen molar-refractivity contribution in [2.75, 3.05) is 6.54 Å². The minimum absolute atomic E-state index is 0.0200. The largest absolute Gasteiger partial charge is 0.344 e. The molecule has 1 heterocycles. The summed E-state index contributed by atoms with van der Waals surface area (Å²) in [7, 11) is 0. The van der Waals surface area contributed by atoms with E-state index in [0.717, 1.165) is 25.7 Å². The van der Waals surface area contributed by atoms with Gasteiger partial charge in [0.25, 0.3) is 0 Å². The Labute approximate surface area is 115 Å². The summed E-state index contributed by atoms with van der Waals surface area (Å²) in [6.45, 7) is 7.17. The summed E-state index contributed by atoms with van der Waals surface area (Å²) in [5.41, 5.74) is 0.328. The van der Waals surface area contributed by atoms with Gasteiger partial charge in [-0.15, -0.1) is 0 Å². The first kappa shape index (κ1) is 14.4. The monoisotopic (exact) mass is 266 g/mol. The first-order valence-corrected chi connectivity index (χ1v) is 7.53. The number of carbonyl (C=O) groups excluding carboxylic acids is 2. The van der Waals surface area contributed by atoms with E-state index in [-0.39, 0.29) is 17.9 Å². The topological polar surface area (TPSA) is 49.4 Å². The second-order valence-corrected chi connectivity index (χ2v) is 6.75. The number of nitrogens with zero attached hydrogens (tertiary/aromatic N) is 1. The van der Waals surface area contributed by atoms with Gasteiger partial charge in [-0.05, 0) is 31.1 Å². The van der Waals surface area contributed by atoms with Crippen LogP contribution in [0.25, 0.3) is 0 Å². The lowest BCUT2D eigenvalue weighted by Gasteiger charge is -2.30. The Bertz CT molecular complexity index is 365. The summed E-state index contributed by atoms with van der Waals surface area (Å²) >= 11 is 0. The molecule has 2 atom stereocenters. The highest BCUT2D eigenvalue weighted by atomic mass is 16.2. The molecular formula is C15H26N2O2. The van der Waals surface area contributed by atoms with Gasteiger partial charge < -0.3 is 10.2 Å². The summed E-state index contributed by atoms with van der Waals surface area (Å²) in [4.78, 5) is 26.3. The third-order valence-electron chi connectivity index (χ3n) is 4.46. The molecule has 0 aromatic heterocycles. The Balaban J connectivity index is 2.10. The van der Waals surface area contributed by atoms with Crippen LogP contribution in [0.15, 0.2) is 0 Å². The molecule has 4 nitrogen and oxygen atoms in total. The van der Waals surface area contributed by atoms with Crippen LogP contribution >= 0.6 is 0 Å². The van der Waals surface area contributed by atoms with Crippen LogP contribution < -0.4 is 5.32 Å². The molecule has 2 unspecified atom stereocenters. The van der Waals surface area contributed by atoms with E-state index in [1.165, 1.54) is 6.42 Å². The van der Waals surface area contributed by atoms with E-state index in [1.807, 2.05) is 11.8 Å². The van der Waals surface area contributed by atoms with Crippen molar-refractivity contribution in [2.24, 2.45) is 5.41 Å². The van der Waals surface area contributed by atoms with Gasteiger partial charge in [0.2, 0.25) is 11.8 Å². The Morgan fingerprint density at radius 1 is 1.37 bits per heavy atom. The summed E-state index contributed by atoms with van der Waals surface area (Å²) in [6.07, 6.45) is 5.42. The highest BCUT2D eigenvalue weighted by molar-refractivity contribution is 5.90. The van der Waals surface area contributed by atoms with Crippen molar-refractivity contribution < 1.29 is 9.59 Å². The predicted molar refractivity (Wildman–Crippen MR) is 74.6 cm³/mol. The van der Waals surface area contributed by atoms with Gasteiger partial charge in [-0.1, -0.05) is 27.2 Å². The maximum atomic E-state index is 12.6. The number of nitrogens with one attached hydrogen (secondary N) is 1. The number of hydrogen-bond donors (Lipinski definition) is 1. The van der Waals surface area contributed by atoms with Crippen molar-refractivity contribution in [1.82, 2.24) is 10.2 Å². The van der Waals surface area contributed by atoms with E-state index in [9.17, 15) is 9.59 Å². The van der Waals surface area contributed by atoms with Gasteiger partial charge in [0.1, 0.15) is 6.04 Å². The number of amides is 2. The SMILES string of the molecule is CCCC1NC(=O)CCN(C2CCC(C)(C)C2)C1=O. The third-order valence-corrected chi connectivity index (χ3v) is 4.46. The molecule has 0 aromatic rings. The fraction of sp³-hybridized carbons (Fsp3) is 0.867. The first-order valence-electron chi connectivity index (χ1n) is 7.53. The summed E-state index contributed by atoms with van der Waals surface area (Å²) < 4.78 is 0. The van der Waals surface area contributed by atoms with E-state index in [0.29, 0.717) is 24.4 Å². The van der Waals surface area contributed by atoms with Crippen molar-refractivity contribution in [3.8, 4) is 0 Å². The van der Waals surface area contributed by atoms with Crippen molar-refractivity contribution in [3.63, 3.8) is 0 Å². The summed E-state index contributed by atoms with van der Waals surface area (Å²) in [6, 6.07) is 0.0262. The van der Waals surface area contributed by atoms with Crippen LogP contribution in [0.4, 0.5) is 0 Å². The van der Waals surface area contributed by atoms with E-state index in [2.05, 4.69) is 19.2 Å². The zero-order chi connectivity index (χ0) is 14.0. The van der Waals surface area contributed by atoms with Crippen LogP contribution in [0.1, 0.15) is 59.3 Å². The van der Waals surface area contributed by atoms with Crippen LogP contribution in [-0.2, 0) is 9.59 Å². The van der Waals surface area contributed by atoms with Crippen molar-refractivity contribution >= 4 is 11.8 Å². The third kappa shape index (κ3) is 3.28. The van der Waals surface area contributed by atoms with E-state index in [4.69, 9.17) is 0 Å². The lowest BCUT2D eigenvalue weighted by Crippen LogP contribution is -2.48. The van der Waals surface area contributed by atoms with Gasteiger partial charge >= 0.3 is 0 Å². The van der Waals surface area contributed by atoms with Gasteiger partial charge in [0.05, 0.1) is 0 Å². The van der Waals surface area contributed by atoms with Crippen LogP contribution in [-0.4, -0.2) is 35.3 Å². The summed E-state index contributed by atoms with van der Waals surface area (Å²) in [5.74, 6) is 0.155. The Kier molecular flexibility index (Phi) is 4.16. The molecule has 0 radical (unpaired) electrons. The molecular weight excluding hydrogens is 240 g/mol. The lowest BCUT2D eigenvalue weighted by atomic mass is 9.91. The number of hydrogen-bond acceptors (Lipinski definition) is 2. The van der Waals surface area contributed by atoms with Gasteiger partial charge in [-0.2, -0.15) is 0 Å². The van der Waals surface area contributed by atoms with E-state index in [1.54, 1.807) is 0 Å². The average molecular weight is 266 g/mol. The van der Waals surface area contributed by atoms with Crippen LogP contribution in [0.3, 0.4) is 0 Å². The maximum absolute atomic E-state index is 12.6. The molecule has 1 saturated carbocycles. The normalized spacial score (nSPS) is 31.2. The van der Waals surface area contributed by atoms with Crippen LogP contribution in [0, 0.1) is 5.41 Å². The zero-order valence-electron chi connectivity index (χ0n) is 12.4. The van der Waals surface area contributed by atoms with Crippen LogP contribution in [0.5, 0.6) is 0 Å². The molecule has 0 aromatic carbocycles. The Hall–Kier alpha value is -1.06. The molecule has 4 heteroatoms. The molecule has 2 aliphatic rings. The Morgan fingerprint density at radius 2 is 2.11 bits per heavy atom. The fourth-order valence-electron chi connectivity index (χ4n) is 3.37. The smallest absolute Gasteiger partial charge is 0.245 e. The minimum Gasteiger partial charge on any atom is -0.344 e. The number of carbonyl (C=O) groups is 2. The molecule has 1 N–H and O–H groups in total. The minimum atomic E-state index is -0.302. The van der Waals surface area contributed by atoms with Crippen LogP contribution in [0.2, 0.25) is 0 Å². The van der Waals surface area contributed by atoms with Crippen molar-refractivity contribution in [3.05, 3.63) is 0 Å². The molecule has 108 valence electrons. The molecule has 0 spiro atoms.